The molecular formula is C61H87Cl4N2PRu2+4. The fourth-order valence-electron chi connectivity index (χ4n) is 11.8. The molecule has 0 atom stereocenters. The molecule has 4 fully saturated rings. The first-order chi connectivity index (χ1) is 33.5. The second-order valence-electron chi connectivity index (χ2n) is 21.2. The van der Waals surface area contributed by atoms with Gasteiger partial charge in [-0.25, -0.2) is 0 Å². The van der Waals surface area contributed by atoms with Crippen molar-refractivity contribution in [1.29, 1.82) is 0 Å². The van der Waals surface area contributed by atoms with Gasteiger partial charge in [0, 0.05) is 7.92 Å². The quantitative estimate of drug-likeness (QED) is 0.0839. The Morgan fingerprint density at radius 3 is 1.09 bits per heavy atom. The normalized spacial score (nSPS) is 17.1. The first kappa shape index (κ1) is 59.5. The molecule has 70 heavy (non-hydrogen) atoms. The minimum atomic E-state index is -1.71. The molecule has 0 unspecified atom stereocenters. The van der Waals surface area contributed by atoms with Crippen LogP contribution in [0.25, 0.3) is 0 Å². The van der Waals surface area contributed by atoms with Gasteiger partial charge in [0.15, 0.2) is 0 Å². The van der Waals surface area contributed by atoms with E-state index in [-0.39, 0.29) is 7.92 Å². The van der Waals surface area contributed by atoms with Crippen LogP contribution >= 0.6 is 46.7 Å². The summed E-state index contributed by atoms with van der Waals surface area (Å²) < 4.78 is 3.98. The van der Waals surface area contributed by atoms with E-state index in [9.17, 15) is 0 Å². The summed E-state index contributed by atoms with van der Waals surface area (Å²) in [7, 11) is 23.4. The van der Waals surface area contributed by atoms with Crippen molar-refractivity contribution in [1.82, 2.24) is 0 Å². The summed E-state index contributed by atoms with van der Waals surface area (Å²) in [5, 5.41) is 0. The second-order valence-corrected chi connectivity index (χ2v) is 36.1. The molecule has 0 aromatic heterocycles. The average Bonchev–Trinajstić information content (AvgIpc) is 3.77. The van der Waals surface area contributed by atoms with Gasteiger partial charge in [0.2, 0.25) is 0 Å². The number of aryl methyl sites for hydroxylation is 6. The van der Waals surface area contributed by atoms with Gasteiger partial charge in [-0.1, -0.05) is 54.7 Å². The predicted octanol–water partition coefficient (Wildman–Crippen LogP) is 19.1. The van der Waals surface area contributed by atoms with Crippen LogP contribution in [0.15, 0.2) is 72.8 Å². The molecule has 4 aromatic rings. The molecule has 1 saturated heterocycles. The summed E-state index contributed by atoms with van der Waals surface area (Å²) in [5.41, 5.74) is 19.3. The van der Waals surface area contributed by atoms with E-state index < -0.39 is 27.0 Å². The SMILES string of the molecule is C1CCC([PH+](C2CCCCC2)C2CCCCC2)CC1.CC(C)[CH+]c1ccccc1[CH]=[Ru]([Cl])[Cl].CC(C)[CH+]c1ccccc1[CH]=[Ru]([Cl])[Cl].Cc1cc(C)c(N2[CH+]N(c3c(C)cc(C)cc3C)CC2)c(C)c1. The summed E-state index contributed by atoms with van der Waals surface area (Å²) in [4.78, 5) is 4.81. The van der Waals surface area contributed by atoms with Gasteiger partial charge in [0.25, 0.3) is 6.67 Å². The van der Waals surface area contributed by atoms with E-state index in [1.807, 2.05) is 33.5 Å². The van der Waals surface area contributed by atoms with E-state index in [1.165, 1.54) is 72.9 Å². The third-order valence-corrected chi connectivity index (χ3v) is 22.6. The molecule has 386 valence electrons. The zero-order valence-corrected chi connectivity index (χ0v) is 51.8. The molecule has 0 bridgehead atoms. The Hall–Kier alpha value is -1.33. The zero-order valence-electron chi connectivity index (χ0n) is 44.3. The van der Waals surface area contributed by atoms with E-state index in [0.29, 0.717) is 11.8 Å². The third-order valence-electron chi connectivity index (χ3n) is 14.3. The average molecular weight is 1220 g/mol. The van der Waals surface area contributed by atoms with Gasteiger partial charge < -0.3 is 0 Å². The molecule has 0 amide bonds. The minimum absolute atomic E-state index is 0.0465. The fourth-order valence-corrected chi connectivity index (χ4v) is 20.7. The van der Waals surface area contributed by atoms with Crippen LogP contribution in [0.1, 0.15) is 180 Å². The van der Waals surface area contributed by atoms with Crippen LogP contribution < -0.4 is 9.80 Å². The summed E-state index contributed by atoms with van der Waals surface area (Å²) in [6.07, 6.45) is 28.2. The maximum atomic E-state index is 5.86. The van der Waals surface area contributed by atoms with E-state index >= 15 is 0 Å². The number of nitrogens with zero attached hydrogens (tertiary/aromatic N) is 2. The van der Waals surface area contributed by atoms with Crippen LogP contribution in [-0.4, -0.2) is 39.3 Å². The molecule has 1 aliphatic heterocycles. The van der Waals surface area contributed by atoms with Gasteiger partial charge in [0.1, 0.15) is 0 Å². The van der Waals surface area contributed by atoms with Crippen molar-refractivity contribution in [3.05, 3.63) is 148 Å². The van der Waals surface area contributed by atoms with Crippen LogP contribution in [-0.2, 0) is 27.0 Å². The first-order valence-corrected chi connectivity index (χ1v) is 39.1. The Morgan fingerprint density at radius 2 is 0.800 bits per heavy atom. The maximum absolute atomic E-state index is 5.86. The van der Waals surface area contributed by atoms with Gasteiger partial charge >= 0.3 is 198 Å². The Morgan fingerprint density at radius 1 is 0.500 bits per heavy atom. The molecule has 0 N–H and O–H groups in total. The van der Waals surface area contributed by atoms with E-state index in [0.717, 1.165) is 24.2 Å². The van der Waals surface area contributed by atoms with Gasteiger partial charge in [-0.2, -0.15) is 9.80 Å². The molecule has 9 heteroatoms. The Balaban J connectivity index is 0.000000178. The molecule has 3 saturated carbocycles. The van der Waals surface area contributed by atoms with Gasteiger partial charge in [-0.05, 0) is 141 Å². The van der Waals surface area contributed by atoms with Crippen molar-refractivity contribution in [2.45, 2.75) is 183 Å². The van der Waals surface area contributed by atoms with Crippen LogP contribution in [0, 0.1) is 72.9 Å². The van der Waals surface area contributed by atoms with Gasteiger partial charge in [-0.3, -0.25) is 0 Å². The first-order valence-electron chi connectivity index (χ1n) is 26.4. The number of benzene rings is 4. The van der Waals surface area contributed by atoms with Crippen LogP contribution in [0.3, 0.4) is 0 Å². The number of anilines is 2. The number of hydrogen-bond donors (Lipinski definition) is 0. The largest absolute Gasteiger partial charge is 0.295 e. The van der Waals surface area contributed by atoms with Gasteiger partial charge in [0.05, 0.1) is 41.4 Å². The van der Waals surface area contributed by atoms with Crippen molar-refractivity contribution < 1.29 is 27.0 Å². The van der Waals surface area contributed by atoms with Crippen LogP contribution in [0.5, 0.6) is 0 Å². The standard InChI is InChI=1S/C21H27N2.C18H33P.2C11H13.4ClH.2Ru/c1-14-9-16(3)20(17(4)10-14)22-7-8-23(13-22)21-18(5)11-15(2)12-19(21)6;1-4-10-16(11-5-1)19(17-12-6-2-7-13-17)18-14-8-3-9-15-18;2*1-9(2)8-11-7-5-4-6-10(11)3;;;;;;/h9-13H,7-8H2,1-6H3;16-18H,1-15H2;2*3-9H,1-2H3;4*1H;;/q+1;;2*+1;;;;;2*+2/p-3. The van der Waals surface area contributed by atoms with Crippen molar-refractivity contribution >= 4 is 67.3 Å². The Kier molecular flexibility index (Phi) is 26.3. The van der Waals surface area contributed by atoms with Crippen molar-refractivity contribution in [2.24, 2.45) is 11.8 Å². The van der Waals surface area contributed by atoms with E-state index in [2.05, 4.69) is 147 Å². The third kappa shape index (κ3) is 19.4. The molecular weight excluding hydrogens is 1140 g/mol. The molecule has 3 aliphatic carbocycles. The molecule has 0 spiro atoms. The number of hydrogen-bond acceptors (Lipinski definition) is 2. The van der Waals surface area contributed by atoms with Crippen LogP contribution in [0.4, 0.5) is 11.4 Å². The topological polar surface area (TPSA) is 6.48 Å². The molecule has 8 rings (SSSR count). The van der Waals surface area contributed by atoms with Crippen molar-refractivity contribution in [2.75, 3.05) is 22.9 Å². The summed E-state index contributed by atoms with van der Waals surface area (Å²) >= 11 is -3.42. The van der Waals surface area contributed by atoms with Crippen molar-refractivity contribution in [3.8, 4) is 0 Å². The molecule has 2 nitrogen and oxygen atoms in total. The fraction of sp³-hybridized carbons (Fsp3) is 0.525. The summed E-state index contributed by atoms with van der Waals surface area (Å²) in [5.74, 6) is 1.08. The van der Waals surface area contributed by atoms with E-state index in [4.69, 9.17) is 38.8 Å². The zero-order chi connectivity index (χ0) is 50.7. The second kappa shape index (κ2) is 30.9. The Labute approximate surface area is 455 Å². The number of halogens is 4. The molecule has 1 heterocycles. The summed E-state index contributed by atoms with van der Waals surface area (Å²) in [6.45, 7) is 26.2. The molecule has 0 radical (unpaired) electrons. The van der Waals surface area contributed by atoms with Crippen molar-refractivity contribution in [3.63, 3.8) is 0 Å². The minimum Gasteiger partial charge on any atom is -0.188 e. The Bertz CT molecular complexity index is 2050. The number of rotatable bonds is 11. The monoisotopic (exact) mass is 1220 g/mol. The predicted molar refractivity (Wildman–Crippen MR) is 312 cm³/mol. The van der Waals surface area contributed by atoms with E-state index in [1.54, 1.807) is 96.3 Å². The summed E-state index contributed by atoms with van der Waals surface area (Å²) in [6, 6.07) is 25.5. The smallest absolute Gasteiger partial charge is 0.188 e. The molecule has 4 aromatic carbocycles. The van der Waals surface area contributed by atoms with Gasteiger partial charge in [-0.15, -0.1) is 0 Å². The maximum Gasteiger partial charge on any atom is 0.295 e. The van der Waals surface area contributed by atoms with Crippen LogP contribution in [0.2, 0.25) is 0 Å². The molecule has 4 aliphatic rings.